The highest BCUT2D eigenvalue weighted by molar-refractivity contribution is 7.89. The van der Waals surface area contributed by atoms with Crippen LogP contribution in [0.25, 0.3) is 0 Å². The number of amides is 1. The molecule has 1 fully saturated rings. The molecule has 0 atom stereocenters. The Hall–Kier alpha value is -1.93. The number of carbonyl (C=O) groups excluding carboxylic acids is 2. The van der Waals surface area contributed by atoms with Crippen molar-refractivity contribution in [2.24, 2.45) is 0 Å². The number of anilines is 1. The normalized spacial score (nSPS) is 17.3. The fourth-order valence-corrected chi connectivity index (χ4v) is 4.04. The smallest absolute Gasteiger partial charge is 0.294 e. The lowest BCUT2D eigenvalue weighted by atomic mass is 9.92. The van der Waals surface area contributed by atoms with Crippen molar-refractivity contribution >= 4 is 28.1 Å². The molecule has 0 bridgehead atoms. The van der Waals surface area contributed by atoms with Gasteiger partial charge in [0.25, 0.3) is 6.47 Å². The molecular formula is C15H20N2O5S. The van der Waals surface area contributed by atoms with Crippen LogP contribution in [0.3, 0.4) is 0 Å². The molecule has 23 heavy (non-hydrogen) atoms. The zero-order valence-corrected chi connectivity index (χ0v) is 13.7. The standard InChI is InChI=1S/C15H20N2O5S/c1-12(19)16-13-5-7-14(8-6-13)23(20,21)17-15(22-11-18)9-3-2-4-10-15/h5-8,11,17H,2-4,9-10H2,1H3,(H,16,19). The second kappa shape index (κ2) is 7.10. The summed E-state index contributed by atoms with van der Waals surface area (Å²) >= 11 is 0. The van der Waals surface area contributed by atoms with Gasteiger partial charge in [0.1, 0.15) is 0 Å². The van der Waals surface area contributed by atoms with Gasteiger partial charge in [-0.15, -0.1) is 0 Å². The van der Waals surface area contributed by atoms with Crippen LogP contribution < -0.4 is 10.0 Å². The topological polar surface area (TPSA) is 102 Å². The first-order valence-electron chi connectivity index (χ1n) is 7.40. The van der Waals surface area contributed by atoms with Crippen molar-refractivity contribution in [2.45, 2.75) is 49.6 Å². The van der Waals surface area contributed by atoms with Gasteiger partial charge in [0, 0.05) is 25.5 Å². The second-order valence-electron chi connectivity index (χ2n) is 5.58. The summed E-state index contributed by atoms with van der Waals surface area (Å²) in [6.45, 7) is 1.66. The summed E-state index contributed by atoms with van der Waals surface area (Å²) in [7, 11) is -3.83. The van der Waals surface area contributed by atoms with Crippen LogP contribution in [-0.2, 0) is 24.3 Å². The van der Waals surface area contributed by atoms with E-state index in [-0.39, 0.29) is 17.3 Å². The molecule has 1 aromatic rings. The Bertz CT molecular complexity index is 664. The number of ether oxygens (including phenoxy) is 1. The molecule has 0 spiro atoms. The summed E-state index contributed by atoms with van der Waals surface area (Å²) < 4.78 is 32.6. The van der Waals surface area contributed by atoms with Crippen LogP contribution in [-0.4, -0.2) is 26.5 Å². The van der Waals surface area contributed by atoms with E-state index in [0.29, 0.717) is 18.5 Å². The third-order valence-corrected chi connectivity index (χ3v) is 5.27. The van der Waals surface area contributed by atoms with Crippen molar-refractivity contribution in [1.82, 2.24) is 4.72 Å². The molecule has 0 saturated heterocycles. The molecule has 1 aliphatic rings. The zero-order valence-electron chi connectivity index (χ0n) is 12.9. The summed E-state index contributed by atoms with van der Waals surface area (Å²) in [5.74, 6) is -0.237. The third-order valence-electron chi connectivity index (χ3n) is 3.74. The van der Waals surface area contributed by atoms with E-state index in [0.717, 1.165) is 19.3 Å². The van der Waals surface area contributed by atoms with E-state index < -0.39 is 15.7 Å². The van der Waals surface area contributed by atoms with Crippen LogP contribution in [0.2, 0.25) is 0 Å². The largest absolute Gasteiger partial charge is 0.445 e. The van der Waals surface area contributed by atoms with Gasteiger partial charge in [0.2, 0.25) is 15.9 Å². The first kappa shape index (κ1) is 17.4. The second-order valence-corrected chi connectivity index (χ2v) is 7.26. The minimum atomic E-state index is -3.83. The van der Waals surface area contributed by atoms with Gasteiger partial charge in [-0.2, -0.15) is 4.72 Å². The molecular weight excluding hydrogens is 320 g/mol. The molecule has 1 saturated carbocycles. The minimum absolute atomic E-state index is 0.0473. The van der Waals surface area contributed by atoms with Crippen molar-refractivity contribution in [1.29, 1.82) is 0 Å². The first-order valence-corrected chi connectivity index (χ1v) is 8.88. The van der Waals surface area contributed by atoms with Gasteiger partial charge in [-0.1, -0.05) is 6.42 Å². The van der Waals surface area contributed by atoms with Gasteiger partial charge in [0.15, 0.2) is 5.72 Å². The molecule has 0 unspecified atom stereocenters. The summed E-state index contributed by atoms with van der Waals surface area (Å²) in [6.07, 6.45) is 3.47. The predicted molar refractivity (Wildman–Crippen MR) is 84.0 cm³/mol. The predicted octanol–water partition coefficient (Wildman–Crippen LogP) is 1.76. The van der Waals surface area contributed by atoms with E-state index in [4.69, 9.17) is 4.74 Å². The molecule has 1 aromatic carbocycles. The van der Waals surface area contributed by atoms with E-state index in [1.807, 2.05) is 0 Å². The van der Waals surface area contributed by atoms with Crippen LogP contribution in [0.4, 0.5) is 5.69 Å². The molecule has 0 aromatic heterocycles. The summed E-state index contributed by atoms with van der Waals surface area (Å²) in [6, 6.07) is 5.80. The van der Waals surface area contributed by atoms with Gasteiger partial charge in [0.05, 0.1) is 4.90 Å². The summed E-state index contributed by atoms with van der Waals surface area (Å²) in [5, 5.41) is 2.57. The van der Waals surface area contributed by atoms with E-state index in [2.05, 4.69) is 10.0 Å². The molecule has 1 amide bonds. The van der Waals surface area contributed by atoms with Gasteiger partial charge in [-0.3, -0.25) is 9.59 Å². The number of hydrogen-bond donors (Lipinski definition) is 2. The highest BCUT2D eigenvalue weighted by Crippen LogP contribution is 2.30. The van der Waals surface area contributed by atoms with Crippen LogP contribution >= 0.6 is 0 Å². The highest BCUT2D eigenvalue weighted by atomic mass is 32.2. The lowest BCUT2D eigenvalue weighted by molar-refractivity contribution is -0.148. The molecule has 2 N–H and O–H groups in total. The summed E-state index contributed by atoms with van der Waals surface area (Å²) in [4.78, 5) is 21.8. The molecule has 126 valence electrons. The molecule has 2 rings (SSSR count). The monoisotopic (exact) mass is 340 g/mol. The maximum absolute atomic E-state index is 12.5. The SMILES string of the molecule is CC(=O)Nc1ccc(S(=O)(=O)NC2(OC=O)CCCCC2)cc1. The fraction of sp³-hybridized carbons (Fsp3) is 0.467. The molecule has 8 heteroatoms. The molecule has 7 nitrogen and oxygen atoms in total. The van der Waals surface area contributed by atoms with Crippen LogP contribution in [0.1, 0.15) is 39.0 Å². The van der Waals surface area contributed by atoms with E-state index in [1.54, 1.807) is 0 Å². The Labute approximate surface area is 135 Å². The number of carbonyl (C=O) groups is 2. The molecule has 0 radical (unpaired) electrons. The van der Waals surface area contributed by atoms with Crippen molar-refractivity contribution in [3.8, 4) is 0 Å². The fourth-order valence-electron chi connectivity index (χ4n) is 2.68. The lowest BCUT2D eigenvalue weighted by Crippen LogP contribution is -2.51. The molecule has 0 heterocycles. The van der Waals surface area contributed by atoms with Gasteiger partial charge < -0.3 is 10.1 Å². The third kappa shape index (κ3) is 4.52. The number of nitrogens with one attached hydrogen (secondary N) is 2. The van der Waals surface area contributed by atoms with E-state index in [1.165, 1.54) is 31.2 Å². The van der Waals surface area contributed by atoms with Crippen molar-refractivity contribution < 1.29 is 22.7 Å². The Morgan fingerprint density at radius 3 is 2.30 bits per heavy atom. The average molecular weight is 340 g/mol. The van der Waals surface area contributed by atoms with Crippen LogP contribution in [0.5, 0.6) is 0 Å². The Kier molecular flexibility index (Phi) is 5.38. The van der Waals surface area contributed by atoms with Gasteiger partial charge >= 0.3 is 0 Å². The number of hydrogen-bond acceptors (Lipinski definition) is 5. The van der Waals surface area contributed by atoms with Crippen molar-refractivity contribution in [3.63, 3.8) is 0 Å². The van der Waals surface area contributed by atoms with E-state index in [9.17, 15) is 18.0 Å². The van der Waals surface area contributed by atoms with Crippen molar-refractivity contribution in [3.05, 3.63) is 24.3 Å². The van der Waals surface area contributed by atoms with E-state index >= 15 is 0 Å². The van der Waals surface area contributed by atoms with Crippen LogP contribution in [0, 0.1) is 0 Å². The maximum Gasteiger partial charge on any atom is 0.294 e. The number of benzene rings is 1. The first-order chi connectivity index (χ1) is 10.9. The van der Waals surface area contributed by atoms with Crippen LogP contribution in [0.15, 0.2) is 29.2 Å². The number of rotatable bonds is 6. The van der Waals surface area contributed by atoms with Crippen molar-refractivity contribution in [2.75, 3.05) is 5.32 Å². The Balaban J connectivity index is 2.19. The van der Waals surface area contributed by atoms with Gasteiger partial charge in [-0.25, -0.2) is 8.42 Å². The minimum Gasteiger partial charge on any atom is -0.445 e. The molecule has 0 aliphatic heterocycles. The maximum atomic E-state index is 12.5. The quantitative estimate of drug-likeness (QED) is 0.607. The highest BCUT2D eigenvalue weighted by Gasteiger charge is 2.38. The van der Waals surface area contributed by atoms with Gasteiger partial charge in [-0.05, 0) is 37.1 Å². The lowest BCUT2D eigenvalue weighted by Gasteiger charge is -2.35. The Morgan fingerprint density at radius 2 is 1.78 bits per heavy atom. The number of sulfonamides is 1. The zero-order chi connectivity index (χ0) is 16.9. The molecule has 1 aliphatic carbocycles. The Morgan fingerprint density at radius 1 is 1.17 bits per heavy atom. The summed E-state index contributed by atoms with van der Waals surface area (Å²) in [5.41, 5.74) is -0.664. The average Bonchev–Trinajstić information content (AvgIpc) is 2.47.